The van der Waals surface area contributed by atoms with E-state index in [-0.39, 0.29) is 29.9 Å². The largest absolute Gasteiger partial charge is 0.494 e. The summed E-state index contributed by atoms with van der Waals surface area (Å²) >= 11 is 0. The van der Waals surface area contributed by atoms with Gasteiger partial charge in [-0.15, -0.1) is 0 Å². The fourth-order valence-electron chi connectivity index (χ4n) is 2.00. The van der Waals surface area contributed by atoms with Crippen LogP contribution < -0.4 is 4.74 Å². The number of ketones is 1. The van der Waals surface area contributed by atoms with Gasteiger partial charge in [-0.2, -0.15) is 0 Å². The molecule has 2 rings (SSSR count). The Morgan fingerprint density at radius 1 is 1.05 bits per heavy atom. The van der Waals surface area contributed by atoms with Crippen LogP contribution in [0.15, 0.2) is 36.4 Å². The topological polar surface area (TPSA) is 26.3 Å². The molecular weight excluding hydrogens is 281 g/mol. The summed E-state index contributed by atoms with van der Waals surface area (Å²) in [6.07, 6.45) is -0.226. The molecule has 0 radical (unpaired) electrons. The summed E-state index contributed by atoms with van der Waals surface area (Å²) in [6, 6.07) is 7.79. The minimum Gasteiger partial charge on any atom is -0.494 e. The molecule has 0 atom stereocenters. The zero-order valence-electron chi connectivity index (χ0n) is 11.3. The number of carbonyl (C=O) groups is 1. The van der Waals surface area contributed by atoms with Gasteiger partial charge in [0.1, 0.15) is 5.78 Å². The van der Waals surface area contributed by atoms with Crippen LogP contribution in [0.4, 0.5) is 13.2 Å². The smallest absolute Gasteiger partial charge is 0.168 e. The molecule has 5 heteroatoms. The zero-order valence-corrected chi connectivity index (χ0v) is 11.3. The summed E-state index contributed by atoms with van der Waals surface area (Å²) < 4.78 is 44.6. The highest BCUT2D eigenvalue weighted by Gasteiger charge is 2.13. The second-order valence-electron chi connectivity index (χ2n) is 4.57. The first-order valence-electron chi connectivity index (χ1n) is 6.28. The highest BCUT2D eigenvalue weighted by atomic mass is 19.2. The minimum absolute atomic E-state index is 0.0631. The van der Waals surface area contributed by atoms with Gasteiger partial charge in [0.05, 0.1) is 7.11 Å². The van der Waals surface area contributed by atoms with E-state index in [9.17, 15) is 18.0 Å². The minimum atomic E-state index is -1.01. The summed E-state index contributed by atoms with van der Waals surface area (Å²) in [7, 11) is 1.34. The molecule has 2 aromatic rings. The van der Waals surface area contributed by atoms with Gasteiger partial charge in [0.2, 0.25) is 0 Å². The molecule has 2 aromatic carbocycles. The lowest BCUT2D eigenvalue weighted by atomic mass is 10.0. The lowest BCUT2D eigenvalue weighted by Gasteiger charge is -2.07. The molecule has 0 aliphatic carbocycles. The van der Waals surface area contributed by atoms with Crippen LogP contribution >= 0.6 is 0 Å². The number of Topliss-reactive ketones (excluding diaryl/α,β-unsaturated/α-hetero) is 1. The molecular formula is C16H13F3O2. The lowest BCUT2D eigenvalue weighted by Crippen LogP contribution is -2.09. The number of halogens is 3. The van der Waals surface area contributed by atoms with Gasteiger partial charge >= 0.3 is 0 Å². The van der Waals surface area contributed by atoms with Crippen molar-refractivity contribution in [2.24, 2.45) is 0 Å². The Balaban J connectivity index is 2.10. The molecule has 0 N–H and O–H groups in total. The van der Waals surface area contributed by atoms with Crippen LogP contribution in [0.1, 0.15) is 11.1 Å². The third-order valence-electron chi connectivity index (χ3n) is 3.04. The number of carbonyl (C=O) groups excluding carboxylic acids is 1. The van der Waals surface area contributed by atoms with E-state index in [1.807, 2.05) is 0 Å². The average Bonchev–Trinajstić information content (AvgIpc) is 2.45. The molecule has 0 heterocycles. The zero-order chi connectivity index (χ0) is 15.4. The molecule has 0 aliphatic rings. The molecule has 0 aliphatic heterocycles. The quantitative estimate of drug-likeness (QED) is 0.844. The molecule has 2 nitrogen and oxygen atoms in total. The normalized spacial score (nSPS) is 10.5. The first-order valence-corrected chi connectivity index (χ1v) is 6.28. The van der Waals surface area contributed by atoms with E-state index in [0.29, 0.717) is 5.56 Å². The monoisotopic (exact) mass is 294 g/mol. The number of hydrogen-bond donors (Lipinski definition) is 0. The summed E-state index contributed by atoms with van der Waals surface area (Å²) in [4.78, 5) is 11.9. The average molecular weight is 294 g/mol. The number of ether oxygens (including phenoxy) is 1. The number of hydrogen-bond acceptors (Lipinski definition) is 2. The van der Waals surface area contributed by atoms with E-state index in [1.165, 1.54) is 25.3 Å². The fourth-order valence-corrected chi connectivity index (χ4v) is 2.00. The van der Waals surface area contributed by atoms with E-state index >= 15 is 0 Å². The molecule has 0 saturated carbocycles. The van der Waals surface area contributed by atoms with Crippen LogP contribution in [0, 0.1) is 17.5 Å². The van der Waals surface area contributed by atoms with E-state index in [2.05, 4.69) is 0 Å². The van der Waals surface area contributed by atoms with Gasteiger partial charge < -0.3 is 4.74 Å². The molecule has 0 amide bonds. The van der Waals surface area contributed by atoms with Gasteiger partial charge in [-0.1, -0.05) is 18.2 Å². The maximum absolute atomic E-state index is 13.9. The van der Waals surface area contributed by atoms with Gasteiger partial charge in [0, 0.05) is 12.8 Å². The summed E-state index contributed by atoms with van der Waals surface area (Å²) in [6.45, 7) is 0. The third kappa shape index (κ3) is 3.62. The van der Waals surface area contributed by atoms with Crippen LogP contribution in [0.5, 0.6) is 5.75 Å². The highest BCUT2D eigenvalue weighted by Crippen LogP contribution is 2.21. The van der Waals surface area contributed by atoms with Crippen LogP contribution in [0.25, 0.3) is 0 Å². The van der Waals surface area contributed by atoms with Crippen molar-refractivity contribution in [1.82, 2.24) is 0 Å². The molecule has 0 spiro atoms. The molecule has 0 fully saturated rings. The number of methoxy groups -OCH3 is 1. The Kier molecular flexibility index (Phi) is 4.62. The Morgan fingerprint density at radius 3 is 2.48 bits per heavy atom. The predicted molar refractivity (Wildman–Crippen MR) is 71.7 cm³/mol. The maximum Gasteiger partial charge on any atom is 0.168 e. The number of rotatable bonds is 5. The van der Waals surface area contributed by atoms with E-state index in [0.717, 1.165) is 12.1 Å². The van der Waals surface area contributed by atoms with Crippen molar-refractivity contribution < 1.29 is 22.7 Å². The van der Waals surface area contributed by atoms with Crippen LogP contribution in [0.3, 0.4) is 0 Å². The van der Waals surface area contributed by atoms with Gasteiger partial charge in [0.15, 0.2) is 23.2 Å². The van der Waals surface area contributed by atoms with Crippen molar-refractivity contribution in [1.29, 1.82) is 0 Å². The van der Waals surface area contributed by atoms with Crippen molar-refractivity contribution in [2.45, 2.75) is 12.8 Å². The molecule has 21 heavy (non-hydrogen) atoms. The van der Waals surface area contributed by atoms with E-state index in [1.54, 1.807) is 6.07 Å². The molecule has 0 bridgehead atoms. The second kappa shape index (κ2) is 6.43. The third-order valence-corrected chi connectivity index (χ3v) is 3.04. The Hall–Kier alpha value is -2.30. The fraction of sp³-hybridized carbons (Fsp3) is 0.188. The van der Waals surface area contributed by atoms with Crippen molar-refractivity contribution in [2.75, 3.05) is 7.11 Å². The Bertz CT molecular complexity index is 669. The van der Waals surface area contributed by atoms with Crippen LogP contribution in [0.2, 0.25) is 0 Å². The van der Waals surface area contributed by atoms with Gasteiger partial charge in [-0.3, -0.25) is 4.79 Å². The summed E-state index contributed by atoms with van der Waals surface area (Å²) in [5.41, 5.74) is 0.559. The van der Waals surface area contributed by atoms with Gasteiger partial charge in [0.25, 0.3) is 0 Å². The van der Waals surface area contributed by atoms with Crippen molar-refractivity contribution in [3.8, 4) is 5.75 Å². The summed E-state index contributed by atoms with van der Waals surface area (Å²) in [5.74, 6) is -2.79. The predicted octanol–water partition coefficient (Wildman–Crippen LogP) is 3.47. The van der Waals surface area contributed by atoms with E-state index < -0.39 is 17.5 Å². The molecule has 110 valence electrons. The SMILES string of the molecule is COc1cccc(CC(=O)Cc2ccc(F)c(F)c2)c1F. The van der Waals surface area contributed by atoms with Gasteiger partial charge in [-0.25, -0.2) is 13.2 Å². The van der Waals surface area contributed by atoms with Crippen LogP contribution in [-0.4, -0.2) is 12.9 Å². The van der Waals surface area contributed by atoms with Gasteiger partial charge in [-0.05, 0) is 29.3 Å². The van der Waals surface area contributed by atoms with E-state index in [4.69, 9.17) is 4.74 Å². The first kappa shape index (κ1) is 15.1. The number of benzene rings is 2. The Morgan fingerprint density at radius 2 is 1.81 bits per heavy atom. The van der Waals surface area contributed by atoms with Crippen LogP contribution in [-0.2, 0) is 17.6 Å². The van der Waals surface area contributed by atoms with Crippen molar-refractivity contribution in [3.63, 3.8) is 0 Å². The standard InChI is InChI=1S/C16H13F3O2/c1-21-15-4-2-3-11(16(15)19)9-12(20)7-10-5-6-13(17)14(18)8-10/h2-6,8H,7,9H2,1H3. The molecule has 0 unspecified atom stereocenters. The van der Waals surface area contributed by atoms with Crippen molar-refractivity contribution >= 4 is 5.78 Å². The lowest BCUT2D eigenvalue weighted by molar-refractivity contribution is -0.117. The Labute approximate surface area is 120 Å². The maximum atomic E-state index is 13.9. The second-order valence-corrected chi connectivity index (χ2v) is 4.57. The first-order chi connectivity index (χ1) is 10.0. The summed E-state index contributed by atoms with van der Waals surface area (Å²) in [5, 5.41) is 0. The highest BCUT2D eigenvalue weighted by molar-refractivity contribution is 5.83. The molecule has 0 aromatic heterocycles. The van der Waals surface area contributed by atoms with Crippen molar-refractivity contribution in [3.05, 3.63) is 65.0 Å². The molecule has 0 saturated heterocycles.